The van der Waals surface area contributed by atoms with Crippen molar-refractivity contribution in [1.29, 1.82) is 0 Å². The van der Waals surface area contributed by atoms with Gasteiger partial charge in [-0.1, -0.05) is 19.9 Å². The molecule has 0 bridgehead atoms. The first-order valence-electron chi connectivity index (χ1n) is 6.26. The molecule has 0 radical (unpaired) electrons. The van der Waals surface area contributed by atoms with Crippen molar-refractivity contribution in [3.8, 4) is 11.5 Å². The van der Waals surface area contributed by atoms with Crippen LogP contribution in [0.1, 0.15) is 45.3 Å². The first-order chi connectivity index (χ1) is 8.19. The van der Waals surface area contributed by atoms with Crippen molar-refractivity contribution < 1.29 is 14.6 Å². The van der Waals surface area contributed by atoms with Crippen LogP contribution in [0.15, 0.2) is 18.2 Å². The molecule has 1 aromatic rings. The predicted octanol–water partition coefficient (Wildman–Crippen LogP) is 3.32. The zero-order chi connectivity index (χ0) is 12.7. The van der Waals surface area contributed by atoms with E-state index >= 15 is 0 Å². The van der Waals surface area contributed by atoms with Crippen LogP contribution in [0.2, 0.25) is 0 Å². The summed E-state index contributed by atoms with van der Waals surface area (Å²) in [6, 6.07) is 5.59. The van der Waals surface area contributed by atoms with Gasteiger partial charge in [0.2, 0.25) is 0 Å². The van der Waals surface area contributed by atoms with Crippen molar-refractivity contribution in [2.75, 3.05) is 13.2 Å². The molecule has 3 heteroatoms. The van der Waals surface area contributed by atoms with E-state index in [-0.39, 0.29) is 0 Å². The lowest BCUT2D eigenvalue weighted by molar-refractivity contribution is 0.198. The van der Waals surface area contributed by atoms with Gasteiger partial charge in [-0.15, -0.1) is 0 Å². The number of rotatable bonds is 7. The molecule has 1 atom stereocenters. The molecule has 96 valence electrons. The Labute approximate surface area is 103 Å². The Hall–Kier alpha value is -1.22. The van der Waals surface area contributed by atoms with Crippen LogP contribution >= 0.6 is 0 Å². The molecule has 0 aliphatic heterocycles. The molecule has 0 fully saturated rings. The summed E-state index contributed by atoms with van der Waals surface area (Å²) in [5.41, 5.74) is 0.847. The zero-order valence-electron chi connectivity index (χ0n) is 10.9. The Balaban J connectivity index is 2.86. The van der Waals surface area contributed by atoms with E-state index in [1.54, 1.807) is 6.92 Å². The lowest BCUT2D eigenvalue weighted by Crippen LogP contribution is -2.02. The lowest BCUT2D eigenvalue weighted by atomic mass is 10.1. The fraction of sp³-hybridized carbons (Fsp3) is 0.571. The minimum Gasteiger partial charge on any atom is -0.490 e. The lowest BCUT2D eigenvalue weighted by Gasteiger charge is -2.14. The van der Waals surface area contributed by atoms with Gasteiger partial charge in [-0.05, 0) is 37.5 Å². The van der Waals surface area contributed by atoms with E-state index in [1.807, 2.05) is 18.2 Å². The molecule has 0 aromatic heterocycles. The maximum atomic E-state index is 9.54. The van der Waals surface area contributed by atoms with Crippen LogP contribution < -0.4 is 9.47 Å². The average molecular weight is 238 g/mol. The number of aliphatic hydroxyl groups is 1. The van der Waals surface area contributed by atoms with E-state index < -0.39 is 6.10 Å². The maximum Gasteiger partial charge on any atom is 0.161 e. The Morgan fingerprint density at radius 1 is 1.06 bits per heavy atom. The quantitative estimate of drug-likeness (QED) is 0.792. The third-order valence-corrected chi connectivity index (χ3v) is 2.37. The van der Waals surface area contributed by atoms with E-state index in [1.165, 1.54) is 0 Å². The van der Waals surface area contributed by atoms with Gasteiger partial charge in [0.15, 0.2) is 11.5 Å². The minimum absolute atomic E-state index is 0.487. The summed E-state index contributed by atoms with van der Waals surface area (Å²) in [6.45, 7) is 7.20. The smallest absolute Gasteiger partial charge is 0.161 e. The first-order valence-corrected chi connectivity index (χ1v) is 6.26. The molecular formula is C14H22O3. The van der Waals surface area contributed by atoms with Crippen LogP contribution in [0, 0.1) is 0 Å². The summed E-state index contributed by atoms with van der Waals surface area (Å²) in [4.78, 5) is 0. The van der Waals surface area contributed by atoms with E-state index in [2.05, 4.69) is 13.8 Å². The summed E-state index contributed by atoms with van der Waals surface area (Å²) >= 11 is 0. The van der Waals surface area contributed by atoms with Gasteiger partial charge in [0.1, 0.15) is 0 Å². The summed E-state index contributed by atoms with van der Waals surface area (Å²) < 4.78 is 11.2. The second kappa shape index (κ2) is 7.17. The van der Waals surface area contributed by atoms with Crippen LogP contribution in [0.25, 0.3) is 0 Å². The number of aliphatic hydroxyl groups excluding tert-OH is 1. The number of benzene rings is 1. The fourth-order valence-electron chi connectivity index (χ4n) is 1.44. The number of hydrogen-bond donors (Lipinski definition) is 1. The zero-order valence-corrected chi connectivity index (χ0v) is 10.9. The number of hydrogen-bond acceptors (Lipinski definition) is 3. The van der Waals surface area contributed by atoms with E-state index in [0.29, 0.717) is 13.2 Å². The molecule has 0 unspecified atom stereocenters. The second-order valence-corrected chi connectivity index (χ2v) is 4.08. The van der Waals surface area contributed by atoms with Crippen molar-refractivity contribution in [2.45, 2.75) is 39.7 Å². The Morgan fingerprint density at radius 2 is 1.65 bits per heavy atom. The highest BCUT2D eigenvalue weighted by Crippen LogP contribution is 2.30. The summed E-state index contributed by atoms with van der Waals surface area (Å²) in [5, 5.41) is 9.54. The van der Waals surface area contributed by atoms with Gasteiger partial charge in [-0.2, -0.15) is 0 Å². The predicted molar refractivity (Wildman–Crippen MR) is 68.6 cm³/mol. The highest BCUT2D eigenvalue weighted by molar-refractivity contribution is 5.43. The van der Waals surface area contributed by atoms with Crippen molar-refractivity contribution in [3.05, 3.63) is 23.8 Å². The molecule has 0 aliphatic rings. The second-order valence-electron chi connectivity index (χ2n) is 4.08. The van der Waals surface area contributed by atoms with Gasteiger partial charge in [0.05, 0.1) is 19.3 Å². The van der Waals surface area contributed by atoms with Gasteiger partial charge in [-0.25, -0.2) is 0 Å². The monoisotopic (exact) mass is 238 g/mol. The van der Waals surface area contributed by atoms with Gasteiger partial charge < -0.3 is 14.6 Å². The molecule has 1 N–H and O–H groups in total. The number of ether oxygens (including phenoxy) is 2. The van der Waals surface area contributed by atoms with E-state index in [0.717, 1.165) is 29.9 Å². The summed E-state index contributed by atoms with van der Waals surface area (Å²) in [6.07, 6.45) is 1.43. The molecule has 1 rings (SSSR count). The average Bonchev–Trinajstić information content (AvgIpc) is 2.34. The van der Waals surface area contributed by atoms with Gasteiger partial charge in [-0.3, -0.25) is 0 Å². The molecule has 0 heterocycles. The summed E-state index contributed by atoms with van der Waals surface area (Å²) in [5.74, 6) is 1.48. The van der Waals surface area contributed by atoms with E-state index in [4.69, 9.17) is 9.47 Å². The molecule has 1 aromatic carbocycles. The van der Waals surface area contributed by atoms with Crippen molar-refractivity contribution in [1.82, 2.24) is 0 Å². The van der Waals surface area contributed by atoms with Crippen LogP contribution in [-0.2, 0) is 0 Å². The van der Waals surface area contributed by atoms with Gasteiger partial charge in [0.25, 0.3) is 0 Å². The van der Waals surface area contributed by atoms with Crippen molar-refractivity contribution in [3.63, 3.8) is 0 Å². The SMILES string of the molecule is CCCOc1ccc([C@H](C)O)cc1OCCC. The highest BCUT2D eigenvalue weighted by atomic mass is 16.5. The van der Waals surface area contributed by atoms with Crippen molar-refractivity contribution >= 4 is 0 Å². The van der Waals surface area contributed by atoms with Crippen molar-refractivity contribution in [2.24, 2.45) is 0 Å². The Morgan fingerprint density at radius 3 is 2.18 bits per heavy atom. The molecule has 17 heavy (non-hydrogen) atoms. The molecule has 0 saturated carbocycles. The summed E-state index contributed by atoms with van der Waals surface area (Å²) in [7, 11) is 0. The van der Waals surface area contributed by atoms with Gasteiger partial charge >= 0.3 is 0 Å². The minimum atomic E-state index is -0.487. The third-order valence-electron chi connectivity index (χ3n) is 2.37. The van der Waals surface area contributed by atoms with Crippen LogP contribution in [0.4, 0.5) is 0 Å². The highest BCUT2D eigenvalue weighted by Gasteiger charge is 2.09. The fourth-order valence-corrected chi connectivity index (χ4v) is 1.44. The van der Waals surface area contributed by atoms with Crippen LogP contribution in [0.5, 0.6) is 11.5 Å². The molecule has 0 spiro atoms. The maximum absolute atomic E-state index is 9.54. The third kappa shape index (κ3) is 4.27. The standard InChI is InChI=1S/C14H22O3/c1-4-8-16-13-7-6-12(11(3)15)10-14(13)17-9-5-2/h6-7,10-11,15H,4-5,8-9H2,1-3H3/t11-/m0/s1. The molecule has 0 saturated heterocycles. The molecular weight excluding hydrogens is 216 g/mol. The Kier molecular flexibility index (Phi) is 5.84. The van der Waals surface area contributed by atoms with Gasteiger partial charge in [0, 0.05) is 0 Å². The molecule has 0 amide bonds. The molecule has 0 aliphatic carbocycles. The molecule has 3 nitrogen and oxygen atoms in total. The normalized spacial score (nSPS) is 12.2. The largest absolute Gasteiger partial charge is 0.490 e. The van der Waals surface area contributed by atoms with Crippen LogP contribution in [-0.4, -0.2) is 18.3 Å². The van der Waals surface area contributed by atoms with E-state index in [9.17, 15) is 5.11 Å². The Bertz CT molecular complexity index is 334. The topological polar surface area (TPSA) is 38.7 Å². The first kappa shape index (κ1) is 13.8. The van der Waals surface area contributed by atoms with Crippen LogP contribution in [0.3, 0.4) is 0 Å².